The second-order valence-electron chi connectivity index (χ2n) is 3.91. The molecule has 0 amide bonds. The van der Waals surface area contributed by atoms with E-state index in [1.165, 1.54) is 0 Å². The molecule has 1 unspecified atom stereocenters. The van der Waals surface area contributed by atoms with Crippen LogP contribution >= 0.6 is 11.6 Å². The standard InChI is InChI=1S/C11H14ClNO3/c1-5(2)6-3-7(9(13)11(15)16)10(14)8(12)4-6/h3-5,9,14H,13H2,1-2H3,(H,15,16). The van der Waals surface area contributed by atoms with Crippen molar-refractivity contribution >= 4 is 17.6 Å². The Morgan fingerprint density at radius 3 is 2.44 bits per heavy atom. The van der Waals surface area contributed by atoms with Crippen LogP contribution in [-0.4, -0.2) is 16.2 Å². The van der Waals surface area contributed by atoms with Gasteiger partial charge in [-0.1, -0.05) is 25.4 Å². The van der Waals surface area contributed by atoms with E-state index in [2.05, 4.69) is 0 Å². The number of benzene rings is 1. The van der Waals surface area contributed by atoms with Gasteiger partial charge in [0.05, 0.1) is 5.02 Å². The molecule has 0 aliphatic rings. The Balaban J connectivity index is 3.32. The van der Waals surface area contributed by atoms with Gasteiger partial charge in [0.1, 0.15) is 11.8 Å². The normalized spacial score (nSPS) is 12.8. The molecule has 0 radical (unpaired) electrons. The average molecular weight is 244 g/mol. The molecule has 0 aliphatic carbocycles. The van der Waals surface area contributed by atoms with Crippen LogP contribution < -0.4 is 5.73 Å². The zero-order chi connectivity index (χ0) is 12.5. The molecule has 1 atom stereocenters. The van der Waals surface area contributed by atoms with Gasteiger partial charge in [-0.05, 0) is 23.6 Å². The summed E-state index contributed by atoms with van der Waals surface area (Å²) < 4.78 is 0. The van der Waals surface area contributed by atoms with Crippen molar-refractivity contribution < 1.29 is 15.0 Å². The van der Waals surface area contributed by atoms with Gasteiger partial charge in [0.15, 0.2) is 0 Å². The third kappa shape index (κ3) is 2.46. The second-order valence-corrected chi connectivity index (χ2v) is 4.32. The zero-order valence-corrected chi connectivity index (χ0v) is 9.82. The molecular formula is C11H14ClNO3. The Morgan fingerprint density at radius 1 is 1.44 bits per heavy atom. The number of aromatic hydroxyl groups is 1. The van der Waals surface area contributed by atoms with E-state index >= 15 is 0 Å². The van der Waals surface area contributed by atoms with Crippen molar-refractivity contribution in [2.75, 3.05) is 0 Å². The Bertz CT molecular complexity index is 418. The van der Waals surface area contributed by atoms with Crippen molar-refractivity contribution in [3.63, 3.8) is 0 Å². The molecule has 1 aromatic rings. The number of phenolic OH excluding ortho intramolecular Hbond substituents is 1. The molecule has 0 aromatic heterocycles. The third-order valence-corrected chi connectivity index (χ3v) is 2.67. The van der Waals surface area contributed by atoms with E-state index in [0.29, 0.717) is 0 Å². The fourth-order valence-electron chi connectivity index (χ4n) is 1.35. The van der Waals surface area contributed by atoms with E-state index in [-0.39, 0.29) is 22.3 Å². The molecule has 1 rings (SSSR count). The highest BCUT2D eigenvalue weighted by molar-refractivity contribution is 6.32. The van der Waals surface area contributed by atoms with E-state index in [1.54, 1.807) is 12.1 Å². The molecule has 0 saturated carbocycles. The van der Waals surface area contributed by atoms with Crippen molar-refractivity contribution in [1.82, 2.24) is 0 Å². The highest BCUT2D eigenvalue weighted by Crippen LogP contribution is 2.34. The molecule has 0 heterocycles. The summed E-state index contributed by atoms with van der Waals surface area (Å²) in [4.78, 5) is 10.8. The first-order valence-electron chi connectivity index (χ1n) is 4.85. The van der Waals surface area contributed by atoms with Gasteiger partial charge in [-0.25, -0.2) is 0 Å². The Labute approximate surface area is 98.6 Å². The zero-order valence-electron chi connectivity index (χ0n) is 9.07. The number of carboxylic acid groups (broad SMARTS) is 1. The summed E-state index contributed by atoms with van der Waals surface area (Å²) in [5, 5.41) is 18.6. The minimum Gasteiger partial charge on any atom is -0.506 e. The predicted octanol–water partition coefficient (Wildman–Crippen LogP) is 2.25. The largest absolute Gasteiger partial charge is 0.506 e. The first-order valence-corrected chi connectivity index (χ1v) is 5.23. The maximum Gasteiger partial charge on any atom is 0.325 e. The van der Waals surface area contributed by atoms with Crippen LogP contribution in [0.15, 0.2) is 12.1 Å². The van der Waals surface area contributed by atoms with Gasteiger partial charge in [-0.2, -0.15) is 0 Å². The van der Waals surface area contributed by atoms with Crippen LogP contribution in [0.2, 0.25) is 5.02 Å². The number of carboxylic acids is 1. The first-order chi connectivity index (χ1) is 7.34. The average Bonchev–Trinajstić information content (AvgIpc) is 2.20. The van der Waals surface area contributed by atoms with Crippen LogP contribution in [0.25, 0.3) is 0 Å². The molecule has 1 aromatic carbocycles. The minimum atomic E-state index is -1.27. The number of nitrogens with two attached hydrogens (primary N) is 1. The van der Waals surface area contributed by atoms with Crippen molar-refractivity contribution in [2.45, 2.75) is 25.8 Å². The fraction of sp³-hybridized carbons (Fsp3) is 0.364. The molecular weight excluding hydrogens is 230 g/mol. The van der Waals surface area contributed by atoms with Gasteiger partial charge in [0.2, 0.25) is 0 Å². The molecule has 4 N–H and O–H groups in total. The van der Waals surface area contributed by atoms with Crippen LogP contribution in [0.4, 0.5) is 0 Å². The number of hydrogen-bond donors (Lipinski definition) is 3. The van der Waals surface area contributed by atoms with Crippen LogP contribution in [0.3, 0.4) is 0 Å². The monoisotopic (exact) mass is 243 g/mol. The molecule has 4 nitrogen and oxygen atoms in total. The number of aliphatic carboxylic acids is 1. The van der Waals surface area contributed by atoms with Gasteiger partial charge in [0, 0.05) is 5.56 Å². The van der Waals surface area contributed by atoms with E-state index < -0.39 is 12.0 Å². The van der Waals surface area contributed by atoms with Crippen LogP contribution in [0.5, 0.6) is 5.75 Å². The van der Waals surface area contributed by atoms with Crippen molar-refractivity contribution in [3.8, 4) is 5.75 Å². The van der Waals surface area contributed by atoms with Gasteiger partial charge < -0.3 is 15.9 Å². The van der Waals surface area contributed by atoms with E-state index in [9.17, 15) is 9.90 Å². The Morgan fingerprint density at radius 2 is 2.00 bits per heavy atom. The van der Waals surface area contributed by atoms with Crippen LogP contribution in [0.1, 0.15) is 36.9 Å². The molecule has 0 spiro atoms. The number of carbonyl (C=O) groups is 1. The maximum absolute atomic E-state index is 10.8. The summed E-state index contributed by atoms with van der Waals surface area (Å²) in [5.41, 5.74) is 6.44. The maximum atomic E-state index is 10.8. The summed E-state index contributed by atoms with van der Waals surface area (Å²) in [6.45, 7) is 3.89. The second kappa shape index (κ2) is 4.72. The molecule has 0 fully saturated rings. The van der Waals surface area contributed by atoms with Gasteiger partial charge in [-0.3, -0.25) is 4.79 Å². The Hall–Kier alpha value is -1.26. The SMILES string of the molecule is CC(C)c1cc(Cl)c(O)c(C(N)C(=O)O)c1. The molecule has 0 aliphatic heterocycles. The summed E-state index contributed by atoms with van der Waals surface area (Å²) in [6.07, 6.45) is 0. The lowest BCUT2D eigenvalue weighted by Crippen LogP contribution is -2.21. The third-order valence-electron chi connectivity index (χ3n) is 2.38. The summed E-state index contributed by atoms with van der Waals surface area (Å²) in [6, 6.07) is 1.92. The number of phenols is 1. The van der Waals surface area contributed by atoms with Crippen LogP contribution in [-0.2, 0) is 4.79 Å². The summed E-state index contributed by atoms with van der Waals surface area (Å²) >= 11 is 5.81. The highest BCUT2D eigenvalue weighted by Gasteiger charge is 2.21. The van der Waals surface area contributed by atoms with Crippen molar-refractivity contribution in [2.24, 2.45) is 5.73 Å². The van der Waals surface area contributed by atoms with E-state index in [4.69, 9.17) is 22.4 Å². The molecule has 5 heteroatoms. The summed E-state index contributed by atoms with van der Waals surface area (Å²) in [5.74, 6) is -1.29. The van der Waals surface area contributed by atoms with Gasteiger partial charge in [0.25, 0.3) is 0 Å². The summed E-state index contributed by atoms with van der Waals surface area (Å²) in [7, 11) is 0. The molecule has 0 saturated heterocycles. The van der Waals surface area contributed by atoms with Crippen molar-refractivity contribution in [3.05, 3.63) is 28.3 Å². The van der Waals surface area contributed by atoms with Crippen LogP contribution in [0, 0.1) is 0 Å². The van der Waals surface area contributed by atoms with E-state index in [0.717, 1.165) is 5.56 Å². The molecule has 16 heavy (non-hydrogen) atoms. The number of hydrogen-bond acceptors (Lipinski definition) is 3. The quantitative estimate of drug-likeness (QED) is 0.760. The first kappa shape index (κ1) is 12.8. The fourth-order valence-corrected chi connectivity index (χ4v) is 1.58. The predicted molar refractivity (Wildman–Crippen MR) is 61.8 cm³/mol. The Kier molecular flexibility index (Phi) is 3.78. The smallest absolute Gasteiger partial charge is 0.325 e. The lowest BCUT2D eigenvalue weighted by Gasteiger charge is -2.14. The topological polar surface area (TPSA) is 83.5 Å². The molecule has 88 valence electrons. The highest BCUT2D eigenvalue weighted by atomic mass is 35.5. The van der Waals surface area contributed by atoms with Gasteiger partial charge in [-0.15, -0.1) is 0 Å². The van der Waals surface area contributed by atoms with E-state index in [1.807, 2.05) is 13.8 Å². The number of halogens is 1. The molecule has 0 bridgehead atoms. The lowest BCUT2D eigenvalue weighted by atomic mass is 9.97. The minimum absolute atomic E-state index is 0.123. The van der Waals surface area contributed by atoms with Gasteiger partial charge >= 0.3 is 5.97 Å². The lowest BCUT2D eigenvalue weighted by molar-refractivity contribution is -0.138. The van der Waals surface area contributed by atoms with Crippen molar-refractivity contribution in [1.29, 1.82) is 0 Å². The number of rotatable bonds is 3.